The number of aromatic hydroxyl groups is 1. The van der Waals surface area contributed by atoms with Crippen LogP contribution < -0.4 is 10.2 Å². The maximum atomic E-state index is 12.4. The number of aryl methyl sites for hydroxylation is 1. The van der Waals surface area contributed by atoms with Crippen LogP contribution in [0.1, 0.15) is 5.82 Å². The molecular weight excluding hydrogens is 707 g/mol. The first-order valence-electron chi connectivity index (χ1n) is 14.0. The smallest absolute Gasteiger partial charge is 0.297 e. The number of morpholine rings is 1. The highest BCUT2D eigenvalue weighted by molar-refractivity contribution is 7.94. The lowest BCUT2D eigenvalue weighted by Gasteiger charge is -2.27. The standard InChI is InChI=1S/C28H25N7O11S3/c1-15-29-27(32-28(30-15)35-8-10-44-11-9-35)31-21-14-18(48(38,39)40)12-17-13-22(47-46-45-37)24(25(36)23(17)21)34-33-20-7-6-16-4-2-3-5-19(16)26(20)49(41,42)43/h2-7,12-14,36-37H,8-11H2,1H3,(H,38,39,40)(H,41,42,43)(H,29,30,31,32)/b34-33+. The van der Waals surface area contributed by atoms with Crippen LogP contribution in [0, 0.1) is 6.92 Å². The second-order valence-corrected chi connectivity index (χ2v) is 13.9. The summed E-state index contributed by atoms with van der Waals surface area (Å²) in [5, 5.41) is 35.8. The van der Waals surface area contributed by atoms with Crippen LogP contribution in [0.4, 0.5) is 29.0 Å². The van der Waals surface area contributed by atoms with Gasteiger partial charge in [-0.25, -0.2) is 5.26 Å². The summed E-state index contributed by atoms with van der Waals surface area (Å²) in [6, 6.07) is 12.6. The van der Waals surface area contributed by atoms with Crippen molar-refractivity contribution in [2.75, 3.05) is 36.5 Å². The lowest BCUT2D eigenvalue weighted by atomic mass is 10.1. The molecule has 0 aliphatic carbocycles. The molecule has 0 radical (unpaired) electrons. The summed E-state index contributed by atoms with van der Waals surface area (Å²) in [7, 11) is -9.63. The molecular formula is C28H25N7O11S3. The maximum Gasteiger partial charge on any atom is 0.297 e. The van der Waals surface area contributed by atoms with Crippen LogP contribution in [0.3, 0.4) is 0 Å². The molecule has 1 fully saturated rings. The van der Waals surface area contributed by atoms with Crippen LogP contribution in [-0.4, -0.2) is 77.6 Å². The Hall–Kier alpha value is -4.58. The van der Waals surface area contributed by atoms with E-state index in [1.54, 1.807) is 31.2 Å². The highest BCUT2D eigenvalue weighted by Gasteiger charge is 2.24. The second kappa shape index (κ2) is 13.7. The number of hydrogen-bond acceptors (Lipinski definition) is 17. The van der Waals surface area contributed by atoms with Crippen LogP contribution >= 0.6 is 12.0 Å². The minimum absolute atomic E-state index is 0.0154. The maximum absolute atomic E-state index is 12.4. The van der Waals surface area contributed by atoms with Crippen LogP contribution in [0.25, 0.3) is 21.5 Å². The molecule has 5 N–H and O–H groups in total. The summed E-state index contributed by atoms with van der Waals surface area (Å²) in [5.74, 6) is -0.0345. The average molecular weight is 732 g/mol. The summed E-state index contributed by atoms with van der Waals surface area (Å²) < 4.78 is 79.4. The molecule has 1 saturated heterocycles. The number of phenolic OH excluding ortho intramolecular Hbond substituents is 1. The Morgan fingerprint density at radius 1 is 0.939 bits per heavy atom. The van der Waals surface area contributed by atoms with Crippen molar-refractivity contribution >= 4 is 82.8 Å². The fourth-order valence-electron chi connectivity index (χ4n) is 5.15. The molecule has 21 heteroatoms. The predicted octanol–water partition coefficient (Wildman–Crippen LogP) is 5.11. The molecule has 49 heavy (non-hydrogen) atoms. The minimum atomic E-state index is -4.83. The van der Waals surface area contributed by atoms with Gasteiger partial charge in [0, 0.05) is 23.9 Å². The zero-order valence-electron chi connectivity index (χ0n) is 25.1. The van der Waals surface area contributed by atoms with E-state index in [1.807, 2.05) is 4.90 Å². The molecule has 0 bridgehead atoms. The molecule has 1 aromatic heterocycles. The van der Waals surface area contributed by atoms with Gasteiger partial charge in [0.05, 0.1) is 40.7 Å². The number of hydrogen-bond donors (Lipinski definition) is 5. The highest BCUT2D eigenvalue weighted by Crippen LogP contribution is 2.48. The number of anilines is 3. The van der Waals surface area contributed by atoms with E-state index in [0.717, 1.165) is 12.1 Å². The van der Waals surface area contributed by atoms with E-state index in [0.29, 0.717) is 55.5 Å². The third-order valence-corrected chi connectivity index (χ3v) is 9.62. The molecule has 0 unspecified atom stereocenters. The Morgan fingerprint density at radius 2 is 1.69 bits per heavy atom. The van der Waals surface area contributed by atoms with E-state index < -0.39 is 35.8 Å². The predicted molar refractivity (Wildman–Crippen MR) is 175 cm³/mol. The molecule has 1 aliphatic rings. The van der Waals surface area contributed by atoms with E-state index in [4.69, 9.17) is 9.99 Å². The lowest BCUT2D eigenvalue weighted by molar-refractivity contribution is -0.432. The van der Waals surface area contributed by atoms with Crippen molar-refractivity contribution < 1.29 is 50.4 Å². The van der Waals surface area contributed by atoms with Gasteiger partial charge in [0.15, 0.2) is 5.75 Å². The molecule has 0 atom stereocenters. The normalized spacial score (nSPS) is 14.2. The largest absolute Gasteiger partial charge is 0.505 e. The monoisotopic (exact) mass is 731 g/mol. The van der Waals surface area contributed by atoms with Crippen molar-refractivity contribution in [2.45, 2.75) is 21.6 Å². The number of phenols is 1. The van der Waals surface area contributed by atoms with E-state index in [-0.39, 0.29) is 44.1 Å². The number of benzene rings is 4. The topological polar surface area (TPSA) is 256 Å². The number of aromatic nitrogens is 3. The van der Waals surface area contributed by atoms with Crippen LogP contribution in [0.5, 0.6) is 5.75 Å². The summed E-state index contributed by atoms with van der Waals surface area (Å²) in [4.78, 5) is 13.8. The van der Waals surface area contributed by atoms with Gasteiger partial charge in [-0.2, -0.15) is 31.8 Å². The van der Waals surface area contributed by atoms with Crippen molar-refractivity contribution in [1.82, 2.24) is 15.0 Å². The number of rotatable bonds is 10. The number of nitrogens with one attached hydrogen (secondary N) is 1. The van der Waals surface area contributed by atoms with E-state index in [2.05, 4.69) is 39.9 Å². The first kappa shape index (κ1) is 34.3. The molecule has 5 aromatic rings. The van der Waals surface area contributed by atoms with Gasteiger partial charge in [0.25, 0.3) is 20.2 Å². The Morgan fingerprint density at radius 3 is 2.41 bits per heavy atom. The van der Waals surface area contributed by atoms with Gasteiger partial charge in [0.1, 0.15) is 22.1 Å². The van der Waals surface area contributed by atoms with E-state index >= 15 is 0 Å². The van der Waals surface area contributed by atoms with Gasteiger partial charge in [-0.3, -0.25) is 9.11 Å². The number of ether oxygens (including phenoxy) is 1. The van der Waals surface area contributed by atoms with Gasteiger partial charge in [-0.15, -0.1) is 14.6 Å². The molecule has 0 saturated carbocycles. The van der Waals surface area contributed by atoms with E-state index in [1.165, 1.54) is 18.2 Å². The first-order valence-corrected chi connectivity index (χ1v) is 17.6. The van der Waals surface area contributed by atoms with Crippen LogP contribution in [-0.2, 0) is 34.3 Å². The zero-order valence-corrected chi connectivity index (χ0v) is 27.5. The molecule has 18 nitrogen and oxygen atoms in total. The number of nitrogens with zero attached hydrogens (tertiary/aromatic N) is 6. The quantitative estimate of drug-likeness (QED) is 0.0411. The fraction of sp³-hybridized carbons (Fsp3) is 0.179. The van der Waals surface area contributed by atoms with Gasteiger partial charge in [-0.1, -0.05) is 35.4 Å². The Labute approximate surface area is 282 Å². The van der Waals surface area contributed by atoms with Gasteiger partial charge in [-0.05, 0) is 42.0 Å². The van der Waals surface area contributed by atoms with Crippen molar-refractivity contribution in [1.29, 1.82) is 0 Å². The van der Waals surface area contributed by atoms with Gasteiger partial charge >= 0.3 is 0 Å². The molecule has 0 amide bonds. The second-order valence-electron chi connectivity index (χ2n) is 10.4. The summed E-state index contributed by atoms with van der Waals surface area (Å²) >= 11 is 0.332. The number of fused-ring (bicyclic) bond motifs is 2. The molecule has 0 spiro atoms. The van der Waals surface area contributed by atoms with E-state index in [9.17, 15) is 31.0 Å². The van der Waals surface area contributed by atoms with Crippen molar-refractivity contribution in [3.63, 3.8) is 0 Å². The fourth-order valence-corrected chi connectivity index (χ4v) is 7.03. The highest BCUT2D eigenvalue weighted by atomic mass is 32.2. The SMILES string of the molecule is Cc1nc(Nc2cc(S(=O)(=O)O)cc3cc(SOOO)c(/N=N/c4ccc5ccccc5c4S(=O)(=O)O)c(O)c23)nc(N2CCOCC2)n1. The molecule has 1 aliphatic heterocycles. The molecule has 256 valence electrons. The average Bonchev–Trinajstić information content (AvgIpc) is 3.05. The van der Waals surface area contributed by atoms with Crippen LogP contribution in [0.2, 0.25) is 0 Å². The number of azo groups is 1. The third-order valence-electron chi connectivity index (χ3n) is 7.23. The lowest BCUT2D eigenvalue weighted by Crippen LogP contribution is -2.37. The third kappa shape index (κ3) is 7.39. The Bertz CT molecular complexity index is 2340. The molecule has 4 aromatic carbocycles. The van der Waals surface area contributed by atoms with Gasteiger partial charge < -0.3 is 20.1 Å². The minimum Gasteiger partial charge on any atom is -0.505 e. The van der Waals surface area contributed by atoms with Crippen LogP contribution in [0.15, 0.2) is 79.5 Å². The van der Waals surface area contributed by atoms with Crippen molar-refractivity contribution in [3.05, 3.63) is 60.4 Å². The van der Waals surface area contributed by atoms with Crippen molar-refractivity contribution in [3.8, 4) is 5.75 Å². The van der Waals surface area contributed by atoms with Gasteiger partial charge in [0.2, 0.25) is 11.9 Å². The Kier molecular flexibility index (Phi) is 9.61. The molecule has 6 rings (SSSR count). The first-order chi connectivity index (χ1) is 23.3. The summed E-state index contributed by atoms with van der Waals surface area (Å²) in [5.41, 5.74) is -0.738. The Balaban J connectivity index is 1.54. The molecule has 2 heterocycles. The summed E-state index contributed by atoms with van der Waals surface area (Å²) in [6.07, 6.45) is 0. The summed E-state index contributed by atoms with van der Waals surface area (Å²) in [6.45, 7) is 3.55. The van der Waals surface area contributed by atoms with Crippen molar-refractivity contribution in [2.24, 2.45) is 10.2 Å². The zero-order chi connectivity index (χ0) is 34.9.